The maximum atomic E-state index is 12.5. The summed E-state index contributed by atoms with van der Waals surface area (Å²) in [4.78, 5) is 23.9. The number of ether oxygens (including phenoxy) is 3. The van der Waals surface area contributed by atoms with E-state index >= 15 is 0 Å². The second kappa shape index (κ2) is 7.40. The monoisotopic (exact) mass is 392 g/mol. The minimum atomic E-state index is -0.777. The van der Waals surface area contributed by atoms with Crippen LogP contribution in [0.15, 0.2) is 42.2 Å². The van der Waals surface area contributed by atoms with Crippen LogP contribution in [0.1, 0.15) is 22.8 Å². The van der Waals surface area contributed by atoms with Crippen molar-refractivity contribution in [2.75, 3.05) is 7.11 Å². The number of fused-ring (bicyclic) bond motifs is 1. The average Bonchev–Trinajstić information content (AvgIpc) is 2.92. The van der Waals surface area contributed by atoms with Crippen LogP contribution in [0.3, 0.4) is 0 Å². The molecule has 5 nitrogen and oxygen atoms in total. The van der Waals surface area contributed by atoms with Crippen molar-refractivity contribution >= 4 is 41.0 Å². The molecule has 0 saturated heterocycles. The van der Waals surface area contributed by atoms with Crippen LogP contribution in [0.4, 0.5) is 0 Å². The summed E-state index contributed by atoms with van der Waals surface area (Å²) in [5.74, 6) is 0.166. The van der Waals surface area contributed by atoms with Crippen molar-refractivity contribution in [2.45, 2.75) is 13.0 Å². The summed E-state index contributed by atoms with van der Waals surface area (Å²) >= 11 is 11.9. The third-order valence-corrected chi connectivity index (χ3v) is 4.47. The molecule has 0 bridgehead atoms. The predicted molar refractivity (Wildman–Crippen MR) is 97.9 cm³/mol. The van der Waals surface area contributed by atoms with Crippen LogP contribution in [0.2, 0.25) is 10.0 Å². The van der Waals surface area contributed by atoms with Gasteiger partial charge in [0.15, 0.2) is 11.9 Å². The summed E-state index contributed by atoms with van der Waals surface area (Å²) in [6.07, 6.45) is 0.809. The third-order valence-electron chi connectivity index (χ3n) is 3.73. The van der Waals surface area contributed by atoms with Gasteiger partial charge < -0.3 is 14.2 Å². The maximum absolute atomic E-state index is 12.5. The molecule has 0 fully saturated rings. The van der Waals surface area contributed by atoms with E-state index in [1.165, 1.54) is 7.11 Å². The number of halogens is 2. The first kappa shape index (κ1) is 18.3. The van der Waals surface area contributed by atoms with Gasteiger partial charge >= 0.3 is 5.97 Å². The van der Waals surface area contributed by atoms with Crippen LogP contribution < -0.4 is 9.47 Å². The second-order valence-corrected chi connectivity index (χ2v) is 6.37. The van der Waals surface area contributed by atoms with Crippen molar-refractivity contribution in [2.24, 2.45) is 0 Å². The molecule has 1 atom stereocenters. The Morgan fingerprint density at radius 3 is 2.62 bits per heavy atom. The number of carbonyl (C=O) groups is 2. The standard InChI is InChI=1S/C19H14Cl2O5/c1-10(19(23)24-2)25-12-4-5-13-16(9-12)26-17(18(13)22)8-11-3-6-14(20)15(21)7-11/h3-10H,1-2H3/b17-8+/t10-/m1/s1. The number of hydrogen-bond acceptors (Lipinski definition) is 5. The number of hydrogen-bond donors (Lipinski definition) is 0. The van der Waals surface area contributed by atoms with Gasteiger partial charge in [-0.2, -0.15) is 0 Å². The van der Waals surface area contributed by atoms with E-state index in [1.807, 2.05) is 0 Å². The van der Waals surface area contributed by atoms with Crippen LogP contribution in [0.5, 0.6) is 11.5 Å². The lowest BCUT2D eigenvalue weighted by Gasteiger charge is -2.12. The minimum Gasteiger partial charge on any atom is -0.479 e. The molecule has 0 unspecified atom stereocenters. The van der Waals surface area contributed by atoms with Gasteiger partial charge in [-0.3, -0.25) is 4.79 Å². The Morgan fingerprint density at radius 2 is 1.92 bits per heavy atom. The molecule has 1 heterocycles. The molecule has 0 amide bonds. The minimum absolute atomic E-state index is 0.163. The van der Waals surface area contributed by atoms with E-state index < -0.39 is 12.1 Å². The van der Waals surface area contributed by atoms with Gasteiger partial charge in [-0.05, 0) is 42.8 Å². The van der Waals surface area contributed by atoms with Gasteiger partial charge in [-0.15, -0.1) is 0 Å². The predicted octanol–water partition coefficient (Wildman–Crippen LogP) is 4.55. The van der Waals surface area contributed by atoms with Crippen LogP contribution in [-0.2, 0) is 9.53 Å². The number of benzene rings is 2. The molecule has 7 heteroatoms. The molecule has 0 aliphatic carbocycles. The van der Waals surface area contributed by atoms with Crippen LogP contribution in [0.25, 0.3) is 6.08 Å². The molecule has 0 radical (unpaired) electrons. The normalized spacial score (nSPS) is 15.4. The SMILES string of the molecule is COC(=O)[C@@H](C)Oc1ccc2c(c1)O/C(=C/c1ccc(Cl)c(Cl)c1)C2=O. The fourth-order valence-corrected chi connectivity index (χ4v) is 2.72. The molecular weight excluding hydrogens is 379 g/mol. The average molecular weight is 393 g/mol. The van der Waals surface area contributed by atoms with E-state index in [2.05, 4.69) is 4.74 Å². The fraction of sp³-hybridized carbons (Fsp3) is 0.158. The van der Waals surface area contributed by atoms with Gasteiger partial charge in [0, 0.05) is 6.07 Å². The summed E-state index contributed by atoms with van der Waals surface area (Å²) in [7, 11) is 1.28. The molecule has 2 aromatic carbocycles. The van der Waals surface area contributed by atoms with Crippen molar-refractivity contribution in [3.05, 3.63) is 63.3 Å². The molecule has 1 aliphatic heterocycles. The molecule has 0 N–H and O–H groups in total. The summed E-state index contributed by atoms with van der Waals surface area (Å²) in [5.41, 5.74) is 1.10. The van der Waals surface area contributed by atoms with Crippen LogP contribution in [0, 0.1) is 0 Å². The Balaban J connectivity index is 1.83. The van der Waals surface area contributed by atoms with E-state index in [-0.39, 0.29) is 11.5 Å². The number of esters is 1. The zero-order valence-electron chi connectivity index (χ0n) is 13.9. The van der Waals surface area contributed by atoms with E-state index in [1.54, 1.807) is 49.4 Å². The molecule has 26 heavy (non-hydrogen) atoms. The smallest absolute Gasteiger partial charge is 0.346 e. The Bertz CT molecular complexity index is 920. The van der Waals surface area contributed by atoms with Crippen molar-refractivity contribution in [1.29, 1.82) is 0 Å². The summed E-state index contributed by atoms with van der Waals surface area (Å²) in [5, 5.41) is 0.814. The Hall–Kier alpha value is -2.50. The largest absolute Gasteiger partial charge is 0.479 e. The van der Waals surface area contributed by atoms with Gasteiger partial charge in [-0.1, -0.05) is 29.3 Å². The van der Waals surface area contributed by atoms with Crippen molar-refractivity contribution in [3.63, 3.8) is 0 Å². The maximum Gasteiger partial charge on any atom is 0.346 e. The highest BCUT2D eigenvalue weighted by molar-refractivity contribution is 6.42. The number of methoxy groups -OCH3 is 1. The number of ketones is 1. The lowest BCUT2D eigenvalue weighted by atomic mass is 10.1. The highest BCUT2D eigenvalue weighted by Gasteiger charge is 2.28. The molecule has 0 saturated carbocycles. The first-order chi connectivity index (χ1) is 12.4. The number of Topliss-reactive ketones (excluding diaryl/α,β-unsaturated/α-hetero) is 1. The Labute approximate surface area is 160 Å². The van der Waals surface area contributed by atoms with Crippen LogP contribution >= 0.6 is 23.2 Å². The van der Waals surface area contributed by atoms with Crippen LogP contribution in [-0.4, -0.2) is 25.0 Å². The summed E-state index contributed by atoms with van der Waals surface area (Å²) < 4.78 is 15.8. The highest BCUT2D eigenvalue weighted by Crippen LogP contribution is 2.35. The molecule has 2 aromatic rings. The zero-order valence-corrected chi connectivity index (χ0v) is 15.4. The number of rotatable bonds is 4. The third kappa shape index (κ3) is 3.69. The Kier molecular flexibility index (Phi) is 5.20. The molecule has 0 aromatic heterocycles. The van der Waals surface area contributed by atoms with Crippen molar-refractivity contribution in [3.8, 4) is 11.5 Å². The van der Waals surface area contributed by atoms with Gasteiger partial charge in [0.2, 0.25) is 5.78 Å². The quantitative estimate of drug-likeness (QED) is 0.564. The van der Waals surface area contributed by atoms with Gasteiger partial charge in [0.05, 0.1) is 22.7 Å². The molecule has 134 valence electrons. The topological polar surface area (TPSA) is 61.8 Å². The van der Waals surface area contributed by atoms with E-state index in [4.69, 9.17) is 32.7 Å². The lowest BCUT2D eigenvalue weighted by Crippen LogP contribution is -2.24. The molecule has 1 aliphatic rings. The first-order valence-electron chi connectivity index (χ1n) is 7.67. The van der Waals surface area contributed by atoms with Crippen molar-refractivity contribution in [1.82, 2.24) is 0 Å². The summed E-state index contributed by atoms with van der Waals surface area (Å²) in [6, 6.07) is 9.76. The fourth-order valence-electron chi connectivity index (χ4n) is 2.41. The number of carbonyl (C=O) groups excluding carboxylic acids is 2. The molecular formula is C19H14Cl2O5. The van der Waals surface area contributed by atoms with E-state index in [0.29, 0.717) is 32.7 Å². The zero-order chi connectivity index (χ0) is 18.8. The second-order valence-electron chi connectivity index (χ2n) is 5.55. The van der Waals surface area contributed by atoms with Gasteiger partial charge in [0.1, 0.15) is 11.5 Å². The van der Waals surface area contributed by atoms with Gasteiger partial charge in [-0.25, -0.2) is 4.79 Å². The van der Waals surface area contributed by atoms with E-state index in [9.17, 15) is 9.59 Å². The lowest BCUT2D eigenvalue weighted by molar-refractivity contribution is -0.147. The first-order valence-corrected chi connectivity index (χ1v) is 8.42. The van der Waals surface area contributed by atoms with E-state index in [0.717, 1.165) is 0 Å². The Morgan fingerprint density at radius 1 is 1.15 bits per heavy atom. The highest BCUT2D eigenvalue weighted by atomic mass is 35.5. The molecule has 3 rings (SSSR count). The van der Waals surface area contributed by atoms with Gasteiger partial charge in [0.25, 0.3) is 0 Å². The summed E-state index contributed by atoms with van der Waals surface area (Å²) in [6.45, 7) is 1.57. The van der Waals surface area contributed by atoms with Crippen molar-refractivity contribution < 1.29 is 23.8 Å². The molecule has 0 spiro atoms. The number of allylic oxidation sites excluding steroid dienone is 1.